The number of hydrogen-bond acceptors (Lipinski definition) is 2. The second-order valence-corrected chi connectivity index (χ2v) is 8.86. The highest BCUT2D eigenvalue weighted by Crippen LogP contribution is 2.42. The summed E-state index contributed by atoms with van der Waals surface area (Å²) < 4.78 is 5.90. The van der Waals surface area contributed by atoms with Crippen molar-refractivity contribution in [3.63, 3.8) is 0 Å². The number of piperidine rings is 1. The average Bonchev–Trinajstić information content (AvgIpc) is 3.44. The zero-order valence-electron chi connectivity index (χ0n) is 15.1. The largest absolute Gasteiger partial charge is 0.378 e. The quantitative estimate of drug-likeness (QED) is 0.826. The number of amides is 2. The highest BCUT2D eigenvalue weighted by atomic mass is 16.5. The Labute approximate surface area is 146 Å². The summed E-state index contributed by atoms with van der Waals surface area (Å²) in [5, 5.41) is 3.35. The number of carbonyl (C=O) groups is 1. The van der Waals surface area contributed by atoms with Crippen molar-refractivity contribution in [3.8, 4) is 0 Å². The molecule has 4 aliphatic rings. The van der Waals surface area contributed by atoms with E-state index >= 15 is 0 Å². The smallest absolute Gasteiger partial charge is 0.317 e. The average molecular weight is 335 g/mol. The van der Waals surface area contributed by atoms with Crippen LogP contribution in [0.1, 0.15) is 77.0 Å². The first-order valence-corrected chi connectivity index (χ1v) is 10.4. The molecule has 24 heavy (non-hydrogen) atoms. The Morgan fingerprint density at radius 3 is 2.50 bits per heavy atom. The van der Waals surface area contributed by atoms with Crippen LogP contribution in [0.5, 0.6) is 0 Å². The van der Waals surface area contributed by atoms with E-state index in [1.807, 2.05) is 0 Å². The molecule has 0 bridgehead atoms. The Hall–Kier alpha value is -0.770. The van der Waals surface area contributed by atoms with Gasteiger partial charge >= 0.3 is 6.03 Å². The maximum atomic E-state index is 12.8. The van der Waals surface area contributed by atoms with Crippen molar-refractivity contribution < 1.29 is 9.53 Å². The molecule has 136 valence electrons. The number of rotatable bonds is 2. The summed E-state index contributed by atoms with van der Waals surface area (Å²) in [6.45, 7) is 2.76. The van der Waals surface area contributed by atoms with Gasteiger partial charge in [-0.15, -0.1) is 0 Å². The highest BCUT2D eigenvalue weighted by Gasteiger charge is 2.39. The number of carbonyl (C=O) groups excluding carboxylic acids is 1. The van der Waals surface area contributed by atoms with Gasteiger partial charge in [0.2, 0.25) is 0 Å². The highest BCUT2D eigenvalue weighted by molar-refractivity contribution is 5.74. The lowest BCUT2D eigenvalue weighted by Gasteiger charge is -2.43. The molecule has 2 amide bonds. The van der Waals surface area contributed by atoms with Gasteiger partial charge in [0.1, 0.15) is 0 Å². The molecular formula is C20H34N2O2. The third kappa shape index (κ3) is 3.89. The molecule has 2 atom stereocenters. The van der Waals surface area contributed by atoms with Crippen molar-refractivity contribution in [2.75, 3.05) is 19.7 Å². The first-order valence-electron chi connectivity index (χ1n) is 10.4. The summed E-state index contributed by atoms with van der Waals surface area (Å²) in [4.78, 5) is 15.0. The lowest BCUT2D eigenvalue weighted by molar-refractivity contribution is -0.0105. The summed E-state index contributed by atoms with van der Waals surface area (Å²) in [5.41, 5.74) is 0.429. The van der Waals surface area contributed by atoms with E-state index in [-0.39, 0.29) is 6.03 Å². The number of nitrogens with one attached hydrogen (secondary N) is 1. The SMILES string of the molecule is O=C(N[C@H]1CCO[C@H](C2CC2)C1)N1CCCC2(CCCCCC2)C1. The molecule has 2 saturated heterocycles. The second kappa shape index (κ2) is 7.23. The number of urea groups is 1. The Kier molecular flexibility index (Phi) is 5.03. The van der Waals surface area contributed by atoms with Crippen LogP contribution < -0.4 is 5.32 Å². The number of ether oxygens (including phenoxy) is 1. The fourth-order valence-electron chi connectivity index (χ4n) is 5.29. The van der Waals surface area contributed by atoms with Gasteiger partial charge in [-0.2, -0.15) is 0 Å². The van der Waals surface area contributed by atoms with Crippen LogP contribution in [0.2, 0.25) is 0 Å². The van der Waals surface area contributed by atoms with Crippen molar-refractivity contribution in [1.29, 1.82) is 0 Å². The first kappa shape index (κ1) is 16.7. The van der Waals surface area contributed by atoms with Crippen LogP contribution in [-0.2, 0) is 4.74 Å². The van der Waals surface area contributed by atoms with Gasteiger partial charge < -0.3 is 15.0 Å². The minimum Gasteiger partial charge on any atom is -0.378 e. The molecule has 0 unspecified atom stereocenters. The molecule has 4 nitrogen and oxygen atoms in total. The van der Waals surface area contributed by atoms with Crippen LogP contribution in [0.25, 0.3) is 0 Å². The van der Waals surface area contributed by atoms with Crippen molar-refractivity contribution >= 4 is 6.03 Å². The summed E-state index contributed by atoms with van der Waals surface area (Å²) in [6.07, 6.45) is 15.7. The van der Waals surface area contributed by atoms with E-state index in [4.69, 9.17) is 4.74 Å². The lowest BCUT2D eigenvalue weighted by Crippen LogP contribution is -2.53. The van der Waals surface area contributed by atoms with E-state index in [0.29, 0.717) is 17.6 Å². The predicted octanol–water partition coefficient (Wildman–Crippen LogP) is 4.09. The maximum absolute atomic E-state index is 12.8. The van der Waals surface area contributed by atoms with Crippen LogP contribution in [0, 0.1) is 11.3 Å². The predicted molar refractivity (Wildman–Crippen MR) is 95.0 cm³/mol. The lowest BCUT2D eigenvalue weighted by atomic mass is 9.74. The van der Waals surface area contributed by atoms with Crippen molar-refractivity contribution in [2.24, 2.45) is 11.3 Å². The van der Waals surface area contributed by atoms with Gasteiger partial charge in [-0.05, 0) is 62.7 Å². The Morgan fingerprint density at radius 1 is 1.00 bits per heavy atom. The van der Waals surface area contributed by atoms with Crippen LogP contribution in [0.3, 0.4) is 0 Å². The van der Waals surface area contributed by atoms with Crippen molar-refractivity contribution in [3.05, 3.63) is 0 Å². The monoisotopic (exact) mass is 334 g/mol. The minimum atomic E-state index is 0.194. The molecule has 2 heterocycles. The molecule has 2 aliphatic heterocycles. The molecule has 0 aromatic rings. The van der Waals surface area contributed by atoms with E-state index in [1.54, 1.807) is 0 Å². The van der Waals surface area contributed by atoms with Gasteiger partial charge in [0, 0.05) is 25.7 Å². The minimum absolute atomic E-state index is 0.194. The topological polar surface area (TPSA) is 41.6 Å². The molecule has 4 rings (SSSR count). The zero-order valence-corrected chi connectivity index (χ0v) is 15.1. The summed E-state index contributed by atoms with van der Waals surface area (Å²) in [7, 11) is 0. The second-order valence-electron chi connectivity index (χ2n) is 8.86. The molecule has 2 aliphatic carbocycles. The summed E-state index contributed by atoms with van der Waals surface area (Å²) in [6, 6.07) is 0.517. The standard InChI is InChI=1S/C20H34N2O2/c23-19(21-17-8-13-24-18(14-17)16-6-7-16)22-12-5-11-20(15-22)9-3-1-2-4-10-20/h16-18H,1-15H2,(H,21,23)/t17-,18-/m0/s1. The third-order valence-corrected chi connectivity index (χ3v) is 6.90. The van der Waals surface area contributed by atoms with Crippen LogP contribution in [0.15, 0.2) is 0 Å². The van der Waals surface area contributed by atoms with Gasteiger partial charge in [0.05, 0.1) is 6.10 Å². The molecule has 4 fully saturated rings. The van der Waals surface area contributed by atoms with Gasteiger partial charge in [0.15, 0.2) is 0 Å². The Bertz CT molecular complexity index is 441. The third-order valence-electron chi connectivity index (χ3n) is 6.90. The zero-order chi connectivity index (χ0) is 16.4. The Morgan fingerprint density at radius 2 is 1.75 bits per heavy atom. The van der Waals surface area contributed by atoms with E-state index in [9.17, 15) is 4.79 Å². The van der Waals surface area contributed by atoms with Crippen LogP contribution in [-0.4, -0.2) is 42.8 Å². The molecule has 1 N–H and O–H groups in total. The molecule has 2 saturated carbocycles. The van der Waals surface area contributed by atoms with Gasteiger partial charge in [-0.3, -0.25) is 0 Å². The maximum Gasteiger partial charge on any atom is 0.317 e. The fourth-order valence-corrected chi connectivity index (χ4v) is 5.29. The molecule has 4 heteroatoms. The fraction of sp³-hybridized carbons (Fsp3) is 0.950. The van der Waals surface area contributed by atoms with E-state index in [2.05, 4.69) is 10.2 Å². The van der Waals surface area contributed by atoms with Gasteiger partial charge in [0.25, 0.3) is 0 Å². The van der Waals surface area contributed by atoms with E-state index < -0.39 is 0 Å². The van der Waals surface area contributed by atoms with Crippen molar-refractivity contribution in [2.45, 2.75) is 89.2 Å². The first-order chi connectivity index (χ1) is 11.7. The van der Waals surface area contributed by atoms with Gasteiger partial charge in [-0.25, -0.2) is 4.79 Å². The number of nitrogens with zero attached hydrogens (tertiary/aromatic N) is 1. The van der Waals surface area contributed by atoms with Crippen LogP contribution >= 0.6 is 0 Å². The van der Waals surface area contributed by atoms with Crippen molar-refractivity contribution in [1.82, 2.24) is 10.2 Å². The van der Waals surface area contributed by atoms with E-state index in [0.717, 1.165) is 38.5 Å². The summed E-state index contributed by atoms with van der Waals surface area (Å²) >= 11 is 0. The molecule has 1 spiro atoms. The Balaban J connectivity index is 1.31. The molecular weight excluding hydrogens is 300 g/mol. The van der Waals surface area contributed by atoms with E-state index in [1.165, 1.54) is 64.2 Å². The van der Waals surface area contributed by atoms with Crippen LogP contribution in [0.4, 0.5) is 4.79 Å². The number of likely N-dealkylation sites (tertiary alicyclic amines) is 1. The molecule has 0 radical (unpaired) electrons. The number of hydrogen-bond donors (Lipinski definition) is 1. The molecule has 0 aromatic carbocycles. The summed E-state index contributed by atoms with van der Waals surface area (Å²) in [5.74, 6) is 0.772. The molecule has 0 aromatic heterocycles. The van der Waals surface area contributed by atoms with Gasteiger partial charge in [-0.1, -0.05) is 25.7 Å². The normalized spacial score (nSPS) is 33.9.